The third kappa shape index (κ3) is 7.88. The summed E-state index contributed by atoms with van der Waals surface area (Å²) in [5, 5.41) is 0.807. The van der Waals surface area contributed by atoms with Crippen LogP contribution in [0.3, 0.4) is 0 Å². The van der Waals surface area contributed by atoms with Gasteiger partial charge in [0.05, 0.1) is 6.61 Å². The van der Waals surface area contributed by atoms with E-state index < -0.39 is 5.60 Å². The second-order valence-corrected chi connectivity index (χ2v) is 11.6. The van der Waals surface area contributed by atoms with Gasteiger partial charge in [-0.3, -0.25) is 0 Å². The van der Waals surface area contributed by atoms with Gasteiger partial charge in [0.15, 0.2) is 0 Å². The van der Waals surface area contributed by atoms with Gasteiger partial charge in [-0.25, -0.2) is 4.79 Å². The number of halogens is 1. The molecule has 0 aliphatic carbocycles. The van der Waals surface area contributed by atoms with Crippen LogP contribution in [0.25, 0.3) is 0 Å². The summed E-state index contributed by atoms with van der Waals surface area (Å²) in [4.78, 5) is 17.1. The molecule has 196 valence electrons. The van der Waals surface area contributed by atoms with Crippen molar-refractivity contribution in [3.63, 3.8) is 0 Å². The minimum atomic E-state index is -0.488. The van der Waals surface area contributed by atoms with E-state index in [9.17, 15) is 4.79 Å². The number of fused-ring (bicyclic) bond motifs is 1. The topological polar surface area (TPSA) is 42.0 Å². The largest absolute Gasteiger partial charge is 0.494 e. The number of ether oxygens (including phenoxy) is 2. The van der Waals surface area contributed by atoms with Crippen LogP contribution >= 0.6 is 11.6 Å². The van der Waals surface area contributed by atoms with Gasteiger partial charge in [0, 0.05) is 24.7 Å². The lowest BCUT2D eigenvalue weighted by atomic mass is 9.89. The van der Waals surface area contributed by atoms with Crippen molar-refractivity contribution >= 4 is 17.7 Å². The molecule has 0 spiro atoms. The summed E-state index contributed by atoms with van der Waals surface area (Å²) < 4.78 is 11.8. The van der Waals surface area contributed by atoms with Crippen LogP contribution in [-0.4, -0.2) is 54.3 Å². The molecule has 5 nitrogen and oxygen atoms in total. The average molecular weight is 513 g/mol. The number of aryl methyl sites for hydroxylation is 1. The summed E-state index contributed by atoms with van der Waals surface area (Å²) >= 11 is 6.04. The van der Waals surface area contributed by atoms with Crippen molar-refractivity contribution in [2.75, 3.05) is 32.8 Å². The number of hydrogen-bond acceptors (Lipinski definition) is 4. The molecule has 36 heavy (non-hydrogen) atoms. The Bertz CT molecular complexity index is 994. The highest BCUT2D eigenvalue weighted by molar-refractivity contribution is 6.30. The fourth-order valence-electron chi connectivity index (χ4n) is 5.17. The first-order chi connectivity index (χ1) is 17.3. The normalized spacial score (nSPS) is 17.7. The van der Waals surface area contributed by atoms with E-state index in [-0.39, 0.29) is 6.09 Å². The van der Waals surface area contributed by atoms with Crippen molar-refractivity contribution in [3.8, 4) is 5.75 Å². The van der Waals surface area contributed by atoms with Crippen molar-refractivity contribution in [1.82, 2.24) is 9.80 Å². The average Bonchev–Trinajstić information content (AvgIpc) is 2.82. The molecule has 0 unspecified atom stereocenters. The Morgan fingerprint density at radius 2 is 1.75 bits per heavy atom. The van der Waals surface area contributed by atoms with Gasteiger partial charge in [-0.1, -0.05) is 29.8 Å². The van der Waals surface area contributed by atoms with E-state index in [1.54, 1.807) is 0 Å². The molecule has 4 rings (SSSR count). The molecule has 6 heteroatoms. The van der Waals surface area contributed by atoms with Gasteiger partial charge >= 0.3 is 6.09 Å². The zero-order valence-electron chi connectivity index (χ0n) is 22.1. The predicted molar refractivity (Wildman–Crippen MR) is 146 cm³/mol. The minimum Gasteiger partial charge on any atom is -0.494 e. The van der Waals surface area contributed by atoms with Gasteiger partial charge in [0.2, 0.25) is 0 Å². The van der Waals surface area contributed by atoms with E-state index >= 15 is 0 Å². The van der Waals surface area contributed by atoms with Crippen LogP contribution in [0, 0.1) is 0 Å². The van der Waals surface area contributed by atoms with Gasteiger partial charge in [-0.15, -0.1) is 0 Å². The summed E-state index contributed by atoms with van der Waals surface area (Å²) in [6.07, 6.45) is 6.27. The molecule has 2 aliphatic rings. The molecule has 2 aromatic rings. The number of hydrogen-bond donors (Lipinski definition) is 0. The van der Waals surface area contributed by atoms with Crippen LogP contribution in [0.1, 0.15) is 75.5 Å². The summed E-state index contributed by atoms with van der Waals surface area (Å²) in [6, 6.07) is 14.7. The van der Waals surface area contributed by atoms with Gasteiger partial charge in [-0.2, -0.15) is 0 Å². The number of nitrogens with zero attached hydrogens (tertiary/aromatic N) is 2. The lowest BCUT2D eigenvalue weighted by molar-refractivity contribution is 0.0227. The van der Waals surface area contributed by atoms with E-state index in [4.69, 9.17) is 21.1 Å². The first-order valence-electron chi connectivity index (χ1n) is 13.5. The van der Waals surface area contributed by atoms with Gasteiger partial charge in [-0.05, 0) is 119 Å². The summed E-state index contributed by atoms with van der Waals surface area (Å²) in [7, 11) is 0. The molecule has 1 saturated heterocycles. The third-order valence-corrected chi connectivity index (χ3v) is 7.38. The Balaban J connectivity index is 1.24. The number of carbonyl (C=O) groups is 1. The minimum absolute atomic E-state index is 0.235. The zero-order valence-corrected chi connectivity index (χ0v) is 22.9. The van der Waals surface area contributed by atoms with Crippen LogP contribution in [0.15, 0.2) is 42.5 Å². The maximum atomic E-state index is 12.7. The Kier molecular flexibility index (Phi) is 9.19. The van der Waals surface area contributed by atoms with Crippen LogP contribution < -0.4 is 4.74 Å². The maximum Gasteiger partial charge on any atom is 0.410 e. The number of rotatable bonds is 6. The van der Waals surface area contributed by atoms with Crippen LogP contribution in [-0.2, 0) is 17.7 Å². The molecule has 0 bridgehead atoms. The highest BCUT2D eigenvalue weighted by Gasteiger charge is 2.24. The second kappa shape index (κ2) is 12.3. The molecule has 2 aromatic carbocycles. The Morgan fingerprint density at radius 3 is 2.47 bits per heavy atom. The molecule has 0 aromatic heterocycles. The number of amides is 1. The van der Waals surface area contributed by atoms with Crippen LogP contribution in [0.2, 0.25) is 5.02 Å². The lowest BCUT2D eigenvalue weighted by Gasteiger charge is -2.32. The van der Waals surface area contributed by atoms with Crippen LogP contribution in [0.5, 0.6) is 5.75 Å². The lowest BCUT2D eigenvalue weighted by Crippen LogP contribution is -2.37. The van der Waals surface area contributed by atoms with Crippen molar-refractivity contribution < 1.29 is 14.3 Å². The monoisotopic (exact) mass is 512 g/mol. The van der Waals surface area contributed by atoms with Gasteiger partial charge in [0.1, 0.15) is 11.4 Å². The molecule has 1 amide bonds. The van der Waals surface area contributed by atoms with Crippen molar-refractivity contribution in [3.05, 3.63) is 64.2 Å². The predicted octanol–water partition coefficient (Wildman–Crippen LogP) is 7.06. The second-order valence-electron chi connectivity index (χ2n) is 11.2. The summed E-state index contributed by atoms with van der Waals surface area (Å²) in [5.74, 6) is 1.53. The number of carbonyl (C=O) groups excluding carboxylic acids is 1. The van der Waals surface area contributed by atoms with E-state index in [2.05, 4.69) is 35.2 Å². The number of benzene rings is 2. The Morgan fingerprint density at radius 1 is 1.00 bits per heavy atom. The number of likely N-dealkylation sites (tertiary alicyclic amines) is 1. The SMILES string of the molecule is CC(C)(C)OC(=O)N1CCCCc2ccc(OCCCN3CCC(c4ccc(Cl)cc4)CC3)cc2C1. The highest BCUT2D eigenvalue weighted by atomic mass is 35.5. The molecular weight excluding hydrogens is 472 g/mol. The Labute approximate surface area is 221 Å². The van der Waals surface area contributed by atoms with Crippen molar-refractivity contribution in [2.45, 2.75) is 77.4 Å². The van der Waals surface area contributed by atoms with E-state index in [0.717, 1.165) is 62.6 Å². The summed E-state index contributed by atoms with van der Waals surface area (Å²) in [5.41, 5.74) is 3.39. The first kappa shape index (κ1) is 26.8. The van der Waals surface area contributed by atoms with E-state index in [1.165, 1.54) is 29.5 Å². The first-order valence-corrected chi connectivity index (χ1v) is 13.8. The molecule has 0 radical (unpaired) electrons. The molecule has 2 heterocycles. The van der Waals surface area contributed by atoms with Gasteiger partial charge in [0.25, 0.3) is 0 Å². The van der Waals surface area contributed by atoms with Crippen molar-refractivity contribution in [1.29, 1.82) is 0 Å². The fourth-order valence-corrected chi connectivity index (χ4v) is 5.30. The summed E-state index contributed by atoms with van der Waals surface area (Å²) in [6.45, 7) is 11.1. The molecular formula is C30H41ClN2O3. The van der Waals surface area contributed by atoms with Crippen molar-refractivity contribution in [2.24, 2.45) is 0 Å². The fraction of sp³-hybridized carbons (Fsp3) is 0.567. The smallest absolute Gasteiger partial charge is 0.410 e. The van der Waals surface area contributed by atoms with E-state index in [1.807, 2.05) is 37.8 Å². The molecule has 0 saturated carbocycles. The van der Waals surface area contributed by atoms with Gasteiger partial charge < -0.3 is 19.3 Å². The molecule has 1 fully saturated rings. The molecule has 0 N–H and O–H groups in total. The maximum absolute atomic E-state index is 12.7. The third-order valence-electron chi connectivity index (χ3n) is 7.13. The van der Waals surface area contributed by atoms with Crippen LogP contribution in [0.4, 0.5) is 4.79 Å². The highest BCUT2D eigenvalue weighted by Crippen LogP contribution is 2.29. The zero-order chi connectivity index (χ0) is 25.5. The standard InChI is InChI=1S/C30H41ClN2O3/c1-30(2,3)36-29(34)33-17-5-4-7-23-10-13-28(21-26(23)22-33)35-20-6-16-32-18-14-25(15-19-32)24-8-11-27(31)12-9-24/h8-13,21,25H,4-7,14-20,22H2,1-3H3. The molecule has 2 aliphatic heterocycles. The quantitative estimate of drug-likeness (QED) is 0.388. The Hall–Kier alpha value is -2.24. The molecule has 0 atom stereocenters. The van der Waals surface area contributed by atoms with E-state index in [0.29, 0.717) is 19.1 Å². The number of piperidine rings is 1.